The summed E-state index contributed by atoms with van der Waals surface area (Å²) in [5, 5.41) is 3.41. The SMILES string of the molecule is CC(C)NC[C@H](C)CCCCl. The van der Waals surface area contributed by atoms with Crippen molar-refractivity contribution < 1.29 is 0 Å². The van der Waals surface area contributed by atoms with Crippen LogP contribution in [0.15, 0.2) is 0 Å². The molecule has 0 aliphatic rings. The molecular weight excluding hydrogens is 158 g/mol. The summed E-state index contributed by atoms with van der Waals surface area (Å²) in [5.41, 5.74) is 0. The van der Waals surface area contributed by atoms with Crippen molar-refractivity contribution in [2.45, 2.75) is 39.7 Å². The maximum atomic E-state index is 5.59. The van der Waals surface area contributed by atoms with Crippen LogP contribution in [-0.2, 0) is 0 Å². The van der Waals surface area contributed by atoms with Crippen LogP contribution in [0.4, 0.5) is 0 Å². The zero-order chi connectivity index (χ0) is 8.69. The van der Waals surface area contributed by atoms with E-state index < -0.39 is 0 Å². The van der Waals surface area contributed by atoms with Crippen molar-refractivity contribution in [1.82, 2.24) is 5.32 Å². The zero-order valence-electron chi connectivity index (χ0n) is 7.86. The number of halogens is 1. The molecule has 0 unspecified atom stereocenters. The molecule has 11 heavy (non-hydrogen) atoms. The fourth-order valence-electron chi connectivity index (χ4n) is 0.965. The standard InChI is InChI=1S/C9H20ClN/c1-8(2)11-7-9(3)5-4-6-10/h8-9,11H,4-7H2,1-3H3/t9-/m1/s1. The van der Waals surface area contributed by atoms with Crippen molar-refractivity contribution in [1.29, 1.82) is 0 Å². The van der Waals surface area contributed by atoms with E-state index in [0.29, 0.717) is 6.04 Å². The molecule has 0 spiro atoms. The van der Waals surface area contributed by atoms with Gasteiger partial charge in [-0.25, -0.2) is 0 Å². The molecule has 0 aromatic heterocycles. The fourth-order valence-corrected chi connectivity index (χ4v) is 1.12. The van der Waals surface area contributed by atoms with Gasteiger partial charge >= 0.3 is 0 Å². The molecule has 0 amide bonds. The Hall–Kier alpha value is 0.250. The van der Waals surface area contributed by atoms with Crippen LogP contribution in [0.1, 0.15) is 33.6 Å². The van der Waals surface area contributed by atoms with E-state index in [1.165, 1.54) is 6.42 Å². The summed E-state index contributed by atoms with van der Waals surface area (Å²) in [6.07, 6.45) is 2.38. The molecule has 0 radical (unpaired) electrons. The van der Waals surface area contributed by atoms with Crippen molar-refractivity contribution >= 4 is 11.6 Å². The normalized spacial score (nSPS) is 13.9. The minimum atomic E-state index is 0.605. The topological polar surface area (TPSA) is 12.0 Å². The summed E-state index contributed by atoms with van der Waals surface area (Å²) in [7, 11) is 0. The lowest BCUT2D eigenvalue weighted by Gasteiger charge is -2.13. The molecular formula is C9H20ClN. The molecule has 0 saturated heterocycles. The molecule has 0 aliphatic carbocycles. The van der Waals surface area contributed by atoms with Crippen molar-refractivity contribution in [3.63, 3.8) is 0 Å². The molecule has 68 valence electrons. The molecule has 2 heteroatoms. The van der Waals surface area contributed by atoms with Crippen LogP contribution in [0.2, 0.25) is 0 Å². The third-order valence-corrected chi connectivity index (χ3v) is 1.97. The van der Waals surface area contributed by atoms with Gasteiger partial charge in [-0.15, -0.1) is 11.6 Å². The van der Waals surface area contributed by atoms with Crippen molar-refractivity contribution in [2.24, 2.45) is 5.92 Å². The third-order valence-electron chi connectivity index (χ3n) is 1.71. The van der Waals surface area contributed by atoms with Crippen LogP contribution >= 0.6 is 11.6 Å². The van der Waals surface area contributed by atoms with Gasteiger partial charge in [0, 0.05) is 11.9 Å². The smallest absolute Gasteiger partial charge is 0.0223 e. The van der Waals surface area contributed by atoms with Crippen LogP contribution in [-0.4, -0.2) is 18.5 Å². The summed E-state index contributed by atoms with van der Waals surface area (Å²) >= 11 is 5.59. The Labute approximate surface area is 75.5 Å². The van der Waals surface area contributed by atoms with Crippen LogP contribution in [0.3, 0.4) is 0 Å². The van der Waals surface area contributed by atoms with E-state index in [0.717, 1.165) is 24.8 Å². The van der Waals surface area contributed by atoms with Gasteiger partial charge in [0.1, 0.15) is 0 Å². The van der Waals surface area contributed by atoms with E-state index in [1.54, 1.807) is 0 Å². The highest BCUT2D eigenvalue weighted by atomic mass is 35.5. The number of hydrogen-bond donors (Lipinski definition) is 1. The summed E-state index contributed by atoms with van der Waals surface area (Å²) < 4.78 is 0. The van der Waals surface area contributed by atoms with E-state index in [-0.39, 0.29) is 0 Å². The molecule has 0 bridgehead atoms. The maximum Gasteiger partial charge on any atom is 0.0223 e. The first-order chi connectivity index (χ1) is 5.16. The second-order valence-electron chi connectivity index (χ2n) is 3.50. The Morgan fingerprint density at radius 2 is 1.91 bits per heavy atom. The number of alkyl halides is 1. The summed E-state index contributed by atoms with van der Waals surface area (Å²) in [5.74, 6) is 1.56. The fraction of sp³-hybridized carbons (Fsp3) is 1.00. The van der Waals surface area contributed by atoms with Gasteiger partial charge < -0.3 is 5.32 Å². The van der Waals surface area contributed by atoms with Gasteiger partial charge in [0.25, 0.3) is 0 Å². The van der Waals surface area contributed by atoms with Gasteiger partial charge in [-0.05, 0) is 25.3 Å². The van der Waals surface area contributed by atoms with Crippen molar-refractivity contribution in [3.8, 4) is 0 Å². The lowest BCUT2D eigenvalue weighted by molar-refractivity contribution is 0.450. The second-order valence-corrected chi connectivity index (χ2v) is 3.88. The molecule has 0 saturated carbocycles. The van der Waals surface area contributed by atoms with Crippen molar-refractivity contribution in [2.75, 3.05) is 12.4 Å². The molecule has 0 heterocycles. The first-order valence-electron chi connectivity index (χ1n) is 4.46. The van der Waals surface area contributed by atoms with Crippen LogP contribution in [0.5, 0.6) is 0 Å². The molecule has 1 N–H and O–H groups in total. The van der Waals surface area contributed by atoms with E-state index in [4.69, 9.17) is 11.6 Å². The third kappa shape index (κ3) is 8.15. The van der Waals surface area contributed by atoms with Gasteiger partial charge in [-0.2, -0.15) is 0 Å². The molecule has 0 fully saturated rings. The summed E-state index contributed by atoms with van der Waals surface area (Å²) in [6.45, 7) is 7.74. The highest BCUT2D eigenvalue weighted by Crippen LogP contribution is 2.04. The number of rotatable bonds is 6. The van der Waals surface area contributed by atoms with Gasteiger partial charge in [0.2, 0.25) is 0 Å². The first kappa shape index (κ1) is 11.2. The zero-order valence-corrected chi connectivity index (χ0v) is 8.62. The Balaban J connectivity index is 3.15. The molecule has 0 aromatic carbocycles. The lowest BCUT2D eigenvalue weighted by atomic mass is 10.1. The number of nitrogens with one attached hydrogen (secondary N) is 1. The predicted molar refractivity (Wildman–Crippen MR) is 52.3 cm³/mol. The number of hydrogen-bond acceptors (Lipinski definition) is 1. The molecule has 1 nitrogen and oxygen atoms in total. The maximum absolute atomic E-state index is 5.59. The first-order valence-corrected chi connectivity index (χ1v) is 4.99. The average Bonchev–Trinajstić information content (AvgIpc) is 1.97. The van der Waals surface area contributed by atoms with E-state index >= 15 is 0 Å². The van der Waals surface area contributed by atoms with Crippen LogP contribution < -0.4 is 5.32 Å². The lowest BCUT2D eigenvalue weighted by Crippen LogP contribution is -2.27. The Kier molecular flexibility index (Phi) is 7.09. The van der Waals surface area contributed by atoms with E-state index in [2.05, 4.69) is 26.1 Å². The minimum absolute atomic E-state index is 0.605. The van der Waals surface area contributed by atoms with Crippen LogP contribution in [0, 0.1) is 5.92 Å². The van der Waals surface area contributed by atoms with E-state index in [9.17, 15) is 0 Å². The summed E-state index contributed by atoms with van der Waals surface area (Å²) in [6, 6.07) is 0.605. The van der Waals surface area contributed by atoms with Gasteiger partial charge in [-0.3, -0.25) is 0 Å². The van der Waals surface area contributed by atoms with Crippen molar-refractivity contribution in [3.05, 3.63) is 0 Å². The monoisotopic (exact) mass is 177 g/mol. The van der Waals surface area contributed by atoms with Gasteiger partial charge in [-0.1, -0.05) is 20.8 Å². The van der Waals surface area contributed by atoms with Crippen LogP contribution in [0.25, 0.3) is 0 Å². The molecule has 1 atom stereocenters. The van der Waals surface area contributed by atoms with E-state index in [1.807, 2.05) is 0 Å². The Bertz CT molecular complexity index is 83.6. The van der Waals surface area contributed by atoms with Gasteiger partial charge in [0.15, 0.2) is 0 Å². The molecule has 0 aromatic rings. The molecule has 0 aliphatic heterocycles. The Morgan fingerprint density at radius 1 is 1.27 bits per heavy atom. The van der Waals surface area contributed by atoms with Gasteiger partial charge in [0.05, 0.1) is 0 Å². The highest BCUT2D eigenvalue weighted by molar-refractivity contribution is 6.17. The Morgan fingerprint density at radius 3 is 2.36 bits per heavy atom. The quantitative estimate of drug-likeness (QED) is 0.616. The molecule has 0 rings (SSSR count). The largest absolute Gasteiger partial charge is 0.314 e. The minimum Gasteiger partial charge on any atom is -0.314 e. The summed E-state index contributed by atoms with van der Waals surface area (Å²) in [4.78, 5) is 0. The average molecular weight is 178 g/mol. The predicted octanol–water partition coefficient (Wildman–Crippen LogP) is 2.64. The second kappa shape index (κ2) is 6.93. The highest BCUT2D eigenvalue weighted by Gasteiger charge is 2.01.